The maximum Gasteiger partial charge on any atom is 0.410 e. The molecule has 1 aliphatic carbocycles. The molecule has 1 aromatic carbocycles. The maximum atomic E-state index is 14.6. The third-order valence-corrected chi connectivity index (χ3v) is 7.63. The number of ether oxygens (including phenoxy) is 1. The minimum Gasteiger partial charge on any atom is -0.444 e. The quantitative estimate of drug-likeness (QED) is 0.683. The van der Waals surface area contributed by atoms with Gasteiger partial charge in [-0.05, 0) is 67.6 Å². The van der Waals surface area contributed by atoms with Crippen LogP contribution in [0, 0.1) is 11.2 Å². The van der Waals surface area contributed by atoms with Gasteiger partial charge in [0.25, 0.3) is 0 Å². The van der Waals surface area contributed by atoms with Gasteiger partial charge in [0.2, 0.25) is 0 Å². The van der Waals surface area contributed by atoms with Crippen LogP contribution in [0.25, 0.3) is 0 Å². The van der Waals surface area contributed by atoms with E-state index in [-0.39, 0.29) is 6.42 Å². The van der Waals surface area contributed by atoms with Gasteiger partial charge in [-0.15, -0.1) is 0 Å². The van der Waals surface area contributed by atoms with Crippen molar-refractivity contribution in [2.75, 3.05) is 12.8 Å². The zero-order valence-electron chi connectivity index (χ0n) is 16.0. The number of rotatable bonds is 3. The van der Waals surface area contributed by atoms with Crippen molar-refractivity contribution in [3.8, 4) is 0 Å². The molecule has 1 spiro atoms. The van der Waals surface area contributed by atoms with Crippen LogP contribution in [0.3, 0.4) is 0 Å². The van der Waals surface area contributed by atoms with Gasteiger partial charge in [0.05, 0.1) is 15.8 Å². The zero-order valence-corrected chi connectivity index (χ0v) is 18.4. The van der Waals surface area contributed by atoms with Gasteiger partial charge in [-0.1, -0.05) is 12.1 Å². The van der Waals surface area contributed by atoms with E-state index in [1.54, 1.807) is 39.0 Å². The van der Waals surface area contributed by atoms with Crippen molar-refractivity contribution >= 4 is 31.9 Å². The molecule has 8 heteroatoms. The summed E-state index contributed by atoms with van der Waals surface area (Å²) in [4.78, 5) is 14.3. The molecule has 1 amide bonds. The van der Waals surface area contributed by atoms with E-state index in [9.17, 15) is 17.6 Å². The number of carbonyl (C=O) groups excluding carboxylic acids is 1. The number of nitrogens with zero attached hydrogens (tertiary/aromatic N) is 1. The fraction of sp³-hybridized carbons (Fsp3) is 0.632. The number of sulfone groups is 1. The van der Waals surface area contributed by atoms with Gasteiger partial charge in [-0.3, -0.25) is 0 Å². The molecule has 1 saturated carbocycles. The van der Waals surface area contributed by atoms with Crippen LogP contribution in [0.2, 0.25) is 0 Å². The fourth-order valence-electron chi connectivity index (χ4n) is 4.13. The first-order valence-electron chi connectivity index (χ1n) is 8.95. The molecular weight excluding hydrogens is 437 g/mol. The first kappa shape index (κ1) is 20.6. The minimum absolute atomic E-state index is 0.129. The molecule has 0 unspecified atom stereocenters. The van der Waals surface area contributed by atoms with E-state index in [0.29, 0.717) is 16.6 Å². The number of halogens is 2. The van der Waals surface area contributed by atoms with Crippen LogP contribution in [-0.4, -0.2) is 49.1 Å². The Kier molecular flexibility index (Phi) is 5.13. The summed E-state index contributed by atoms with van der Waals surface area (Å²) in [5, 5.41) is -0.712. The highest BCUT2D eigenvalue weighted by molar-refractivity contribution is 9.10. The summed E-state index contributed by atoms with van der Waals surface area (Å²) in [6, 6.07) is 4.28. The van der Waals surface area contributed by atoms with Gasteiger partial charge in [0.15, 0.2) is 9.84 Å². The van der Waals surface area contributed by atoms with Gasteiger partial charge in [-0.2, -0.15) is 0 Å². The number of benzene rings is 1. The molecule has 2 atom stereocenters. The number of amides is 1. The van der Waals surface area contributed by atoms with E-state index in [1.807, 2.05) is 0 Å². The average molecular weight is 462 g/mol. The van der Waals surface area contributed by atoms with Crippen molar-refractivity contribution in [3.63, 3.8) is 0 Å². The van der Waals surface area contributed by atoms with Crippen LogP contribution in [-0.2, 0) is 21.0 Å². The summed E-state index contributed by atoms with van der Waals surface area (Å²) >= 11 is 3.17. The first-order valence-corrected chi connectivity index (χ1v) is 11.7. The lowest BCUT2D eigenvalue weighted by atomic mass is 9.97. The van der Waals surface area contributed by atoms with E-state index in [1.165, 1.54) is 11.2 Å². The molecule has 1 heterocycles. The van der Waals surface area contributed by atoms with Crippen molar-refractivity contribution in [2.45, 2.75) is 56.9 Å². The second kappa shape index (κ2) is 6.72. The Hall–Kier alpha value is -1.15. The lowest BCUT2D eigenvalue weighted by molar-refractivity contribution is 0.0220. The number of carbonyl (C=O) groups is 1. The standard InChI is InChI=1S/C19H25BrFNO4S/c1-18(2,3)26-17(23)22-11-19(8-9-19)16(27(4,24)25)14(22)10-12-6-5-7-13(20)15(12)21/h5-7,14,16H,8-11H2,1-4H3/t14-,16+/m0/s1. The Labute approximate surface area is 168 Å². The SMILES string of the molecule is CC(C)(C)OC(=O)N1CC2(CC2)[C@H](S(C)(=O)=O)[C@@H]1Cc1cccc(Br)c1F. The lowest BCUT2D eigenvalue weighted by Gasteiger charge is -2.30. The van der Waals surface area contributed by atoms with Gasteiger partial charge < -0.3 is 9.64 Å². The Morgan fingerprint density at radius 2 is 2.00 bits per heavy atom. The van der Waals surface area contributed by atoms with Crippen LogP contribution < -0.4 is 0 Å². The molecule has 2 fully saturated rings. The van der Waals surface area contributed by atoms with Crippen LogP contribution >= 0.6 is 15.9 Å². The summed E-state index contributed by atoms with van der Waals surface area (Å²) in [5.41, 5.74) is -0.741. The second-order valence-electron chi connectivity index (χ2n) is 8.71. The predicted octanol–water partition coefficient (Wildman–Crippen LogP) is 3.94. The second-order valence-corrected chi connectivity index (χ2v) is 11.7. The topological polar surface area (TPSA) is 63.7 Å². The lowest BCUT2D eigenvalue weighted by Crippen LogP contribution is -2.46. The fourth-order valence-corrected chi connectivity index (χ4v) is 6.57. The average Bonchev–Trinajstić information content (AvgIpc) is 3.16. The van der Waals surface area contributed by atoms with E-state index in [4.69, 9.17) is 4.74 Å². The Morgan fingerprint density at radius 3 is 2.52 bits per heavy atom. The van der Waals surface area contributed by atoms with Crippen molar-refractivity contribution in [1.29, 1.82) is 0 Å². The monoisotopic (exact) mass is 461 g/mol. The largest absolute Gasteiger partial charge is 0.444 e. The van der Waals surface area contributed by atoms with Gasteiger partial charge in [-0.25, -0.2) is 17.6 Å². The molecule has 0 radical (unpaired) electrons. The molecule has 0 N–H and O–H groups in total. The van der Waals surface area contributed by atoms with Gasteiger partial charge in [0.1, 0.15) is 11.4 Å². The normalized spacial score (nSPS) is 24.3. The van der Waals surface area contributed by atoms with Crippen LogP contribution in [0.5, 0.6) is 0 Å². The molecule has 1 aliphatic heterocycles. The van der Waals surface area contributed by atoms with Crippen molar-refractivity contribution in [3.05, 3.63) is 34.1 Å². The molecule has 1 saturated heterocycles. The van der Waals surface area contributed by atoms with Crippen molar-refractivity contribution in [1.82, 2.24) is 4.90 Å². The maximum absolute atomic E-state index is 14.6. The highest BCUT2D eigenvalue weighted by atomic mass is 79.9. The zero-order chi connectivity index (χ0) is 20.2. The van der Waals surface area contributed by atoms with Crippen LogP contribution in [0.1, 0.15) is 39.2 Å². The molecular formula is C19H25BrFNO4S. The van der Waals surface area contributed by atoms with Gasteiger partial charge >= 0.3 is 6.09 Å². The molecule has 3 rings (SSSR count). The molecule has 5 nitrogen and oxygen atoms in total. The highest BCUT2D eigenvalue weighted by Gasteiger charge is 2.64. The third kappa shape index (κ3) is 4.16. The number of hydrogen-bond acceptors (Lipinski definition) is 4. The summed E-state index contributed by atoms with van der Waals surface area (Å²) in [6.07, 6.45) is 2.30. The molecule has 0 aromatic heterocycles. The number of likely N-dealkylation sites (tertiary alicyclic amines) is 1. The predicted molar refractivity (Wildman–Crippen MR) is 105 cm³/mol. The van der Waals surface area contributed by atoms with Crippen molar-refractivity contribution in [2.24, 2.45) is 5.41 Å². The van der Waals surface area contributed by atoms with Gasteiger partial charge in [0, 0.05) is 18.2 Å². The minimum atomic E-state index is -3.43. The van der Waals surface area contributed by atoms with Crippen LogP contribution in [0.15, 0.2) is 22.7 Å². The van der Waals surface area contributed by atoms with E-state index in [0.717, 1.165) is 12.8 Å². The molecule has 0 bridgehead atoms. The Bertz CT molecular complexity index is 861. The number of hydrogen-bond donors (Lipinski definition) is 0. The molecule has 1 aromatic rings. The summed E-state index contributed by atoms with van der Waals surface area (Å²) in [5.74, 6) is -0.425. The van der Waals surface area contributed by atoms with E-state index >= 15 is 0 Å². The first-order chi connectivity index (χ1) is 12.3. The Morgan fingerprint density at radius 1 is 1.37 bits per heavy atom. The highest BCUT2D eigenvalue weighted by Crippen LogP contribution is 2.58. The summed E-state index contributed by atoms with van der Waals surface area (Å²) < 4.78 is 45.6. The van der Waals surface area contributed by atoms with Crippen molar-refractivity contribution < 1.29 is 22.3 Å². The summed E-state index contributed by atoms with van der Waals surface area (Å²) in [7, 11) is -3.43. The smallest absolute Gasteiger partial charge is 0.410 e. The molecule has 2 aliphatic rings. The molecule has 150 valence electrons. The van der Waals surface area contributed by atoms with Crippen LogP contribution in [0.4, 0.5) is 9.18 Å². The van der Waals surface area contributed by atoms with E-state index < -0.39 is 44.1 Å². The third-order valence-electron chi connectivity index (χ3n) is 5.28. The van der Waals surface area contributed by atoms with E-state index in [2.05, 4.69) is 15.9 Å². The summed E-state index contributed by atoms with van der Waals surface area (Å²) in [6.45, 7) is 5.64. The molecule has 27 heavy (non-hydrogen) atoms. The Balaban J connectivity index is 1.99.